The average molecular weight is 409 g/mol. The van der Waals surface area contributed by atoms with Crippen LogP contribution in [0.2, 0.25) is 0 Å². The van der Waals surface area contributed by atoms with Crippen LogP contribution in [0, 0.1) is 11.8 Å². The third-order valence-electron chi connectivity index (χ3n) is 5.59. The number of urea groups is 1. The van der Waals surface area contributed by atoms with Gasteiger partial charge in [-0.2, -0.15) is 0 Å². The molecule has 1 atom stereocenters. The Morgan fingerprint density at radius 3 is 2.29 bits per heavy atom. The van der Waals surface area contributed by atoms with Gasteiger partial charge in [0.05, 0.1) is 10.8 Å². The van der Waals surface area contributed by atoms with Gasteiger partial charge in [0, 0.05) is 31.9 Å². The second-order valence-corrected chi connectivity index (χ2v) is 9.35. The summed E-state index contributed by atoms with van der Waals surface area (Å²) >= 11 is 0. The number of nitrogens with zero attached hydrogens (tertiary/aromatic N) is 2. The van der Waals surface area contributed by atoms with Gasteiger partial charge < -0.3 is 15.1 Å². The molecule has 2 saturated heterocycles. The standard InChI is InChI=1S/C19H28N4O4S/c1-14-8-11-22(12-9-14)18(24)15-3-2-10-23(13-15)19(25)21-16-4-6-17(7-5-16)28(20,26)27/h4-7,14-15H,2-3,8-13H2,1H3,(H,21,25)(H2,20,26,27). The van der Waals surface area contributed by atoms with Crippen LogP contribution in [0.3, 0.4) is 0 Å². The Bertz CT molecular complexity index is 817. The number of rotatable bonds is 3. The van der Waals surface area contributed by atoms with Crippen LogP contribution in [0.1, 0.15) is 32.6 Å². The van der Waals surface area contributed by atoms with Crippen molar-refractivity contribution in [1.82, 2.24) is 9.80 Å². The highest BCUT2D eigenvalue weighted by Gasteiger charge is 2.32. The number of hydrogen-bond acceptors (Lipinski definition) is 4. The molecule has 2 aliphatic rings. The van der Waals surface area contributed by atoms with Crippen molar-refractivity contribution >= 4 is 27.6 Å². The van der Waals surface area contributed by atoms with E-state index in [0.717, 1.165) is 38.8 Å². The van der Waals surface area contributed by atoms with Gasteiger partial charge in [-0.15, -0.1) is 0 Å². The highest BCUT2D eigenvalue weighted by molar-refractivity contribution is 7.89. The van der Waals surface area contributed by atoms with Gasteiger partial charge >= 0.3 is 6.03 Å². The minimum atomic E-state index is -3.76. The third kappa shape index (κ3) is 5.02. The average Bonchev–Trinajstić information content (AvgIpc) is 2.68. The molecule has 0 spiro atoms. The third-order valence-corrected chi connectivity index (χ3v) is 6.52. The molecule has 3 N–H and O–H groups in total. The van der Waals surface area contributed by atoms with Crippen molar-refractivity contribution in [3.05, 3.63) is 24.3 Å². The number of nitrogens with one attached hydrogen (secondary N) is 1. The number of likely N-dealkylation sites (tertiary alicyclic amines) is 2. The largest absolute Gasteiger partial charge is 0.342 e. The Morgan fingerprint density at radius 1 is 1.04 bits per heavy atom. The van der Waals surface area contributed by atoms with E-state index in [9.17, 15) is 18.0 Å². The molecule has 0 saturated carbocycles. The first-order chi connectivity index (χ1) is 13.2. The van der Waals surface area contributed by atoms with Crippen molar-refractivity contribution in [2.24, 2.45) is 17.0 Å². The van der Waals surface area contributed by atoms with Crippen molar-refractivity contribution in [2.45, 2.75) is 37.5 Å². The summed E-state index contributed by atoms with van der Waals surface area (Å²) in [6.45, 7) is 4.83. The molecule has 0 bridgehead atoms. The van der Waals surface area contributed by atoms with Crippen LogP contribution >= 0.6 is 0 Å². The van der Waals surface area contributed by atoms with Crippen LogP contribution in [-0.4, -0.2) is 56.3 Å². The Hall–Kier alpha value is -2.13. The number of sulfonamides is 1. The molecule has 1 aromatic carbocycles. The number of carbonyl (C=O) groups excluding carboxylic acids is 2. The van der Waals surface area contributed by atoms with Crippen molar-refractivity contribution in [3.8, 4) is 0 Å². The Balaban J connectivity index is 1.57. The summed E-state index contributed by atoms with van der Waals surface area (Å²) in [7, 11) is -3.76. The van der Waals surface area contributed by atoms with Crippen LogP contribution in [0.5, 0.6) is 0 Å². The lowest BCUT2D eigenvalue weighted by Crippen LogP contribution is -2.49. The molecule has 154 valence electrons. The van der Waals surface area contributed by atoms with E-state index >= 15 is 0 Å². The number of carbonyl (C=O) groups is 2. The number of anilines is 1. The highest BCUT2D eigenvalue weighted by atomic mass is 32.2. The first-order valence-electron chi connectivity index (χ1n) is 9.71. The predicted molar refractivity (Wildman–Crippen MR) is 106 cm³/mol. The minimum absolute atomic E-state index is 0.00928. The lowest BCUT2D eigenvalue weighted by Gasteiger charge is -2.37. The molecule has 0 aliphatic carbocycles. The number of primary sulfonamides is 1. The van der Waals surface area contributed by atoms with Crippen LogP contribution in [-0.2, 0) is 14.8 Å². The molecule has 8 nitrogen and oxygen atoms in total. The van der Waals surface area contributed by atoms with E-state index in [0.29, 0.717) is 24.7 Å². The number of amides is 3. The molecular formula is C19H28N4O4S. The second kappa shape index (κ2) is 8.48. The zero-order chi connectivity index (χ0) is 20.3. The molecule has 3 rings (SSSR count). The smallest absolute Gasteiger partial charge is 0.321 e. The summed E-state index contributed by atoms with van der Waals surface area (Å²) in [5.41, 5.74) is 0.482. The second-order valence-electron chi connectivity index (χ2n) is 7.79. The molecule has 0 radical (unpaired) electrons. The Labute approximate surface area is 166 Å². The van der Waals surface area contributed by atoms with Crippen molar-refractivity contribution < 1.29 is 18.0 Å². The summed E-state index contributed by atoms with van der Waals surface area (Å²) in [5.74, 6) is 0.665. The molecule has 0 aromatic heterocycles. The highest BCUT2D eigenvalue weighted by Crippen LogP contribution is 2.23. The van der Waals surface area contributed by atoms with Crippen LogP contribution < -0.4 is 10.5 Å². The Kier molecular flexibility index (Phi) is 6.24. The Morgan fingerprint density at radius 2 is 1.68 bits per heavy atom. The van der Waals surface area contributed by atoms with Gasteiger partial charge in [-0.25, -0.2) is 18.4 Å². The fraction of sp³-hybridized carbons (Fsp3) is 0.579. The van der Waals surface area contributed by atoms with Gasteiger partial charge in [-0.1, -0.05) is 6.92 Å². The maximum atomic E-state index is 12.8. The quantitative estimate of drug-likeness (QED) is 0.794. The zero-order valence-electron chi connectivity index (χ0n) is 16.1. The minimum Gasteiger partial charge on any atom is -0.342 e. The number of piperidine rings is 2. The van der Waals surface area contributed by atoms with Gasteiger partial charge in [-0.3, -0.25) is 4.79 Å². The van der Waals surface area contributed by atoms with Gasteiger partial charge in [0.15, 0.2) is 0 Å². The topological polar surface area (TPSA) is 113 Å². The lowest BCUT2D eigenvalue weighted by molar-refractivity contribution is -0.138. The number of hydrogen-bond donors (Lipinski definition) is 2. The summed E-state index contributed by atoms with van der Waals surface area (Å²) in [4.78, 5) is 29.0. The first kappa shape index (κ1) is 20.6. The molecule has 2 heterocycles. The van der Waals surface area contributed by atoms with E-state index < -0.39 is 10.0 Å². The lowest BCUT2D eigenvalue weighted by atomic mass is 9.93. The molecule has 1 unspecified atom stereocenters. The normalized spacial score (nSPS) is 21.4. The van der Waals surface area contributed by atoms with Crippen molar-refractivity contribution in [2.75, 3.05) is 31.5 Å². The van der Waals surface area contributed by atoms with E-state index in [2.05, 4.69) is 12.2 Å². The maximum Gasteiger partial charge on any atom is 0.321 e. The number of nitrogens with two attached hydrogens (primary N) is 1. The fourth-order valence-corrected chi connectivity index (χ4v) is 4.30. The van der Waals surface area contributed by atoms with Gasteiger partial charge in [0.1, 0.15) is 0 Å². The summed E-state index contributed by atoms with van der Waals surface area (Å²) < 4.78 is 22.6. The molecule has 2 aliphatic heterocycles. The van der Waals surface area contributed by atoms with E-state index in [1.807, 2.05) is 4.90 Å². The van der Waals surface area contributed by atoms with Gasteiger partial charge in [0.2, 0.25) is 15.9 Å². The van der Waals surface area contributed by atoms with Crippen LogP contribution in [0.15, 0.2) is 29.2 Å². The van der Waals surface area contributed by atoms with Crippen LogP contribution in [0.25, 0.3) is 0 Å². The van der Waals surface area contributed by atoms with E-state index in [4.69, 9.17) is 5.14 Å². The summed E-state index contributed by atoms with van der Waals surface area (Å²) in [5, 5.41) is 7.84. The van der Waals surface area contributed by atoms with E-state index in [1.54, 1.807) is 4.90 Å². The summed E-state index contributed by atoms with van der Waals surface area (Å²) in [6, 6.07) is 5.42. The molecule has 28 heavy (non-hydrogen) atoms. The van der Waals surface area contributed by atoms with Crippen molar-refractivity contribution in [3.63, 3.8) is 0 Å². The molecule has 2 fully saturated rings. The molecular weight excluding hydrogens is 380 g/mol. The molecule has 9 heteroatoms. The van der Waals surface area contributed by atoms with Gasteiger partial charge in [-0.05, 0) is 55.9 Å². The number of benzene rings is 1. The monoisotopic (exact) mass is 408 g/mol. The molecule has 1 aromatic rings. The predicted octanol–water partition coefficient (Wildman–Crippen LogP) is 1.84. The molecule has 3 amide bonds. The summed E-state index contributed by atoms with van der Waals surface area (Å²) in [6.07, 6.45) is 3.67. The van der Waals surface area contributed by atoms with E-state index in [-0.39, 0.29) is 22.8 Å². The van der Waals surface area contributed by atoms with Crippen LogP contribution in [0.4, 0.5) is 10.5 Å². The first-order valence-corrected chi connectivity index (χ1v) is 11.3. The van der Waals surface area contributed by atoms with Gasteiger partial charge in [0.25, 0.3) is 0 Å². The van der Waals surface area contributed by atoms with Crippen molar-refractivity contribution in [1.29, 1.82) is 0 Å². The SMILES string of the molecule is CC1CCN(C(=O)C2CCCN(C(=O)Nc3ccc(S(N)(=O)=O)cc3)C2)CC1. The van der Waals surface area contributed by atoms with E-state index in [1.165, 1.54) is 24.3 Å². The fourth-order valence-electron chi connectivity index (χ4n) is 3.78. The maximum absolute atomic E-state index is 12.8. The zero-order valence-corrected chi connectivity index (χ0v) is 17.0.